The highest BCUT2D eigenvalue weighted by molar-refractivity contribution is 6.30. The molecule has 0 radical (unpaired) electrons. The van der Waals surface area contributed by atoms with Gasteiger partial charge in [0.25, 0.3) is 0 Å². The highest BCUT2D eigenvalue weighted by atomic mass is 35.5. The summed E-state index contributed by atoms with van der Waals surface area (Å²) in [5.41, 5.74) is 2.13. The van der Waals surface area contributed by atoms with Gasteiger partial charge in [-0.15, -0.1) is 0 Å². The molecule has 0 heterocycles. The van der Waals surface area contributed by atoms with E-state index >= 15 is 0 Å². The fourth-order valence-corrected chi connectivity index (χ4v) is 2.17. The lowest BCUT2D eigenvalue weighted by molar-refractivity contribution is 0.271. The minimum atomic E-state index is -0.387. The molecule has 1 N–H and O–H groups in total. The lowest BCUT2D eigenvalue weighted by Crippen LogP contribution is -2.12. The number of hydrogen-bond acceptors (Lipinski definition) is 2. The zero-order chi connectivity index (χ0) is 15.9. The molecular formula is C18H21ClFNO. The first-order chi connectivity index (χ1) is 10.5. The van der Waals surface area contributed by atoms with E-state index in [0.717, 1.165) is 24.5 Å². The third-order valence-electron chi connectivity index (χ3n) is 3.15. The van der Waals surface area contributed by atoms with Gasteiger partial charge in [-0.1, -0.05) is 43.6 Å². The van der Waals surface area contributed by atoms with Gasteiger partial charge in [-0.2, -0.15) is 0 Å². The molecule has 0 unspecified atom stereocenters. The number of nitrogens with one attached hydrogen (secondary N) is 1. The van der Waals surface area contributed by atoms with E-state index in [2.05, 4.69) is 19.2 Å². The van der Waals surface area contributed by atoms with Gasteiger partial charge in [0.2, 0.25) is 0 Å². The number of ether oxygens (including phenoxy) is 1. The van der Waals surface area contributed by atoms with Crippen LogP contribution >= 0.6 is 11.6 Å². The minimum absolute atomic E-state index is 0.158. The van der Waals surface area contributed by atoms with Crippen LogP contribution in [-0.4, -0.2) is 6.61 Å². The second-order valence-electron chi connectivity index (χ2n) is 5.70. The van der Waals surface area contributed by atoms with Gasteiger partial charge in [-0.3, -0.25) is 0 Å². The summed E-state index contributed by atoms with van der Waals surface area (Å²) >= 11 is 5.76. The Hall–Kier alpha value is -1.58. The molecule has 0 aromatic heterocycles. The van der Waals surface area contributed by atoms with E-state index in [-0.39, 0.29) is 10.8 Å². The molecule has 0 atom stereocenters. The molecule has 2 nitrogen and oxygen atoms in total. The predicted molar refractivity (Wildman–Crippen MR) is 88.7 cm³/mol. The van der Waals surface area contributed by atoms with Gasteiger partial charge in [-0.05, 0) is 41.3 Å². The van der Waals surface area contributed by atoms with Crippen LogP contribution in [0, 0.1) is 11.7 Å². The van der Waals surface area contributed by atoms with Gasteiger partial charge in [0, 0.05) is 13.1 Å². The molecule has 0 spiro atoms. The van der Waals surface area contributed by atoms with Crippen molar-refractivity contribution >= 4 is 11.6 Å². The third kappa shape index (κ3) is 5.32. The third-order valence-corrected chi connectivity index (χ3v) is 3.44. The summed E-state index contributed by atoms with van der Waals surface area (Å²) < 4.78 is 18.7. The van der Waals surface area contributed by atoms with Crippen LogP contribution in [0.4, 0.5) is 4.39 Å². The van der Waals surface area contributed by atoms with Gasteiger partial charge in [0.1, 0.15) is 11.6 Å². The van der Waals surface area contributed by atoms with Gasteiger partial charge in [-0.25, -0.2) is 4.39 Å². The smallest absolute Gasteiger partial charge is 0.141 e. The monoisotopic (exact) mass is 321 g/mol. The van der Waals surface area contributed by atoms with Crippen molar-refractivity contribution in [3.05, 3.63) is 64.4 Å². The van der Waals surface area contributed by atoms with E-state index in [0.29, 0.717) is 12.5 Å². The van der Waals surface area contributed by atoms with E-state index in [1.165, 1.54) is 11.6 Å². The molecule has 118 valence electrons. The molecule has 0 saturated carbocycles. The van der Waals surface area contributed by atoms with E-state index in [1.807, 2.05) is 24.3 Å². The second-order valence-corrected chi connectivity index (χ2v) is 6.11. The van der Waals surface area contributed by atoms with Gasteiger partial charge in [0.05, 0.1) is 11.6 Å². The molecule has 2 aromatic rings. The quantitative estimate of drug-likeness (QED) is 0.790. The van der Waals surface area contributed by atoms with Crippen LogP contribution < -0.4 is 10.1 Å². The van der Waals surface area contributed by atoms with Crippen LogP contribution in [0.3, 0.4) is 0 Å². The predicted octanol–water partition coefficient (Wildman–Crippen LogP) is 4.80. The first-order valence-corrected chi connectivity index (χ1v) is 7.79. The number of hydrogen-bond donors (Lipinski definition) is 1. The van der Waals surface area contributed by atoms with Crippen molar-refractivity contribution in [1.82, 2.24) is 5.32 Å². The fourth-order valence-electron chi connectivity index (χ4n) is 1.97. The van der Waals surface area contributed by atoms with Crippen molar-refractivity contribution in [1.29, 1.82) is 0 Å². The SMILES string of the molecule is CC(C)COc1ccc(CNCc2ccc(F)c(Cl)c2)cc1. The van der Waals surface area contributed by atoms with Crippen LogP contribution in [0.1, 0.15) is 25.0 Å². The lowest BCUT2D eigenvalue weighted by Gasteiger charge is -2.10. The Labute approximate surface area is 136 Å². The maximum absolute atomic E-state index is 13.1. The Morgan fingerprint density at radius 2 is 1.68 bits per heavy atom. The van der Waals surface area contributed by atoms with Crippen LogP contribution in [0.2, 0.25) is 5.02 Å². The molecule has 2 aromatic carbocycles. The van der Waals surface area contributed by atoms with Gasteiger partial charge >= 0.3 is 0 Å². The highest BCUT2D eigenvalue weighted by Gasteiger charge is 2.01. The van der Waals surface area contributed by atoms with Crippen molar-refractivity contribution in [3.63, 3.8) is 0 Å². The molecule has 4 heteroatoms. The molecule has 0 aliphatic carbocycles. The number of benzene rings is 2. The molecule has 0 aliphatic rings. The number of rotatable bonds is 7. The molecule has 0 amide bonds. The average molecular weight is 322 g/mol. The first kappa shape index (κ1) is 16.8. The van der Waals surface area contributed by atoms with Crippen molar-refractivity contribution in [2.24, 2.45) is 5.92 Å². The highest BCUT2D eigenvalue weighted by Crippen LogP contribution is 2.16. The second kappa shape index (κ2) is 8.16. The topological polar surface area (TPSA) is 21.3 Å². The van der Waals surface area contributed by atoms with Gasteiger partial charge in [0.15, 0.2) is 0 Å². The van der Waals surface area contributed by atoms with Crippen molar-refractivity contribution in [3.8, 4) is 5.75 Å². The summed E-state index contributed by atoms with van der Waals surface area (Å²) in [5.74, 6) is 1.02. The first-order valence-electron chi connectivity index (χ1n) is 7.41. The lowest BCUT2D eigenvalue weighted by atomic mass is 10.2. The van der Waals surface area contributed by atoms with Gasteiger partial charge < -0.3 is 10.1 Å². The van der Waals surface area contributed by atoms with E-state index in [4.69, 9.17) is 16.3 Å². The maximum atomic E-state index is 13.1. The Bertz CT molecular complexity index is 599. The summed E-state index contributed by atoms with van der Waals surface area (Å²) in [6.07, 6.45) is 0. The molecule has 0 bridgehead atoms. The average Bonchev–Trinajstić information content (AvgIpc) is 2.50. The zero-order valence-corrected chi connectivity index (χ0v) is 13.7. The largest absolute Gasteiger partial charge is 0.493 e. The fraction of sp³-hybridized carbons (Fsp3) is 0.333. The summed E-state index contributed by atoms with van der Waals surface area (Å²) in [5, 5.41) is 3.47. The Kier molecular flexibility index (Phi) is 6.22. The zero-order valence-electron chi connectivity index (χ0n) is 12.9. The van der Waals surface area contributed by atoms with Crippen LogP contribution in [-0.2, 0) is 13.1 Å². The Morgan fingerprint density at radius 3 is 2.32 bits per heavy atom. The summed E-state index contributed by atoms with van der Waals surface area (Å²) in [4.78, 5) is 0. The maximum Gasteiger partial charge on any atom is 0.141 e. The van der Waals surface area contributed by atoms with Crippen LogP contribution in [0.15, 0.2) is 42.5 Å². The van der Waals surface area contributed by atoms with Crippen molar-refractivity contribution < 1.29 is 9.13 Å². The van der Waals surface area contributed by atoms with Crippen molar-refractivity contribution in [2.75, 3.05) is 6.61 Å². The molecule has 0 aliphatic heterocycles. The normalized spacial score (nSPS) is 11.0. The van der Waals surface area contributed by atoms with E-state index in [9.17, 15) is 4.39 Å². The molecule has 22 heavy (non-hydrogen) atoms. The van der Waals surface area contributed by atoms with Crippen LogP contribution in [0.5, 0.6) is 5.75 Å². The molecular weight excluding hydrogens is 301 g/mol. The number of halogens is 2. The summed E-state index contributed by atoms with van der Waals surface area (Å²) in [6, 6.07) is 12.8. The minimum Gasteiger partial charge on any atom is -0.493 e. The van der Waals surface area contributed by atoms with Crippen LogP contribution in [0.25, 0.3) is 0 Å². The standard InChI is InChI=1S/C18H21ClFNO/c1-13(2)12-22-16-6-3-14(4-7-16)10-21-11-15-5-8-18(20)17(19)9-15/h3-9,13,21H,10-12H2,1-2H3. The summed E-state index contributed by atoms with van der Waals surface area (Å²) in [6.45, 7) is 6.36. The van der Waals surface area contributed by atoms with E-state index < -0.39 is 0 Å². The Balaban J connectivity index is 1.80. The molecule has 0 fully saturated rings. The molecule has 0 saturated heterocycles. The van der Waals surface area contributed by atoms with Crippen molar-refractivity contribution in [2.45, 2.75) is 26.9 Å². The summed E-state index contributed by atoms with van der Waals surface area (Å²) in [7, 11) is 0. The Morgan fingerprint density at radius 1 is 1.05 bits per heavy atom. The molecule has 2 rings (SSSR count). The van der Waals surface area contributed by atoms with E-state index in [1.54, 1.807) is 12.1 Å².